The van der Waals surface area contributed by atoms with Crippen molar-refractivity contribution in [1.29, 1.82) is 0 Å². The van der Waals surface area contributed by atoms with E-state index in [2.05, 4.69) is 5.32 Å². The Morgan fingerprint density at radius 2 is 1.90 bits per heavy atom. The van der Waals surface area contributed by atoms with E-state index in [-0.39, 0.29) is 6.09 Å². The van der Waals surface area contributed by atoms with Gasteiger partial charge in [0.2, 0.25) is 0 Å². The van der Waals surface area contributed by atoms with E-state index in [0.29, 0.717) is 31.5 Å². The number of alkyl carbamates (subject to hydrolysis) is 1. The zero-order valence-corrected chi connectivity index (χ0v) is 11.9. The molecular formula is C16H24N2O2. The van der Waals surface area contributed by atoms with Crippen molar-refractivity contribution in [3.05, 3.63) is 35.9 Å². The van der Waals surface area contributed by atoms with Crippen molar-refractivity contribution >= 4 is 6.09 Å². The number of carbonyl (C=O) groups excluding carboxylic acids is 1. The normalized spacial score (nSPS) is 22.2. The lowest BCUT2D eigenvalue weighted by molar-refractivity contribution is 0.0938. The number of amides is 1. The Bertz CT molecular complexity index is 408. The van der Waals surface area contributed by atoms with Gasteiger partial charge in [-0.3, -0.25) is 0 Å². The Kier molecular flexibility index (Phi) is 5.87. The number of nitrogens with two attached hydrogens (primary N) is 1. The van der Waals surface area contributed by atoms with E-state index in [9.17, 15) is 4.79 Å². The Labute approximate surface area is 120 Å². The van der Waals surface area contributed by atoms with Crippen LogP contribution in [0.25, 0.3) is 0 Å². The SMILES string of the molecule is NCC1CCCCC1COC(=O)NCc1ccccc1. The molecule has 0 aromatic heterocycles. The summed E-state index contributed by atoms with van der Waals surface area (Å²) < 4.78 is 5.33. The van der Waals surface area contributed by atoms with Gasteiger partial charge >= 0.3 is 6.09 Å². The zero-order chi connectivity index (χ0) is 14.2. The highest BCUT2D eigenvalue weighted by Crippen LogP contribution is 2.29. The number of hydrogen-bond acceptors (Lipinski definition) is 3. The molecular weight excluding hydrogens is 252 g/mol. The fraction of sp³-hybridized carbons (Fsp3) is 0.562. The quantitative estimate of drug-likeness (QED) is 0.869. The molecule has 0 radical (unpaired) electrons. The minimum atomic E-state index is -0.338. The van der Waals surface area contributed by atoms with Gasteiger partial charge in [0.15, 0.2) is 0 Å². The summed E-state index contributed by atoms with van der Waals surface area (Å²) in [6, 6.07) is 9.82. The third kappa shape index (κ3) is 4.53. The first-order chi connectivity index (χ1) is 9.79. The van der Waals surface area contributed by atoms with Gasteiger partial charge in [0.1, 0.15) is 0 Å². The average molecular weight is 276 g/mol. The Morgan fingerprint density at radius 3 is 2.60 bits per heavy atom. The summed E-state index contributed by atoms with van der Waals surface area (Å²) in [5.41, 5.74) is 6.85. The van der Waals surface area contributed by atoms with Crippen LogP contribution in [0, 0.1) is 11.8 Å². The molecule has 20 heavy (non-hydrogen) atoms. The van der Waals surface area contributed by atoms with Gasteiger partial charge in [0, 0.05) is 6.54 Å². The summed E-state index contributed by atoms with van der Waals surface area (Å²) in [5, 5.41) is 2.78. The molecule has 0 spiro atoms. The molecule has 0 aliphatic heterocycles. The number of rotatable bonds is 5. The fourth-order valence-corrected chi connectivity index (χ4v) is 2.82. The molecule has 1 aromatic carbocycles. The molecule has 1 aliphatic carbocycles. The first-order valence-corrected chi connectivity index (χ1v) is 7.44. The zero-order valence-electron chi connectivity index (χ0n) is 11.9. The van der Waals surface area contributed by atoms with Crippen molar-refractivity contribution in [3.63, 3.8) is 0 Å². The number of benzene rings is 1. The van der Waals surface area contributed by atoms with Gasteiger partial charge in [-0.05, 0) is 36.8 Å². The molecule has 2 atom stereocenters. The molecule has 1 fully saturated rings. The van der Waals surface area contributed by atoms with Crippen molar-refractivity contribution in [1.82, 2.24) is 5.32 Å². The minimum absolute atomic E-state index is 0.338. The highest BCUT2D eigenvalue weighted by molar-refractivity contribution is 5.67. The molecule has 4 heteroatoms. The van der Waals surface area contributed by atoms with Gasteiger partial charge in [0.05, 0.1) is 6.61 Å². The van der Waals surface area contributed by atoms with E-state index in [0.717, 1.165) is 18.4 Å². The van der Waals surface area contributed by atoms with Crippen LogP contribution >= 0.6 is 0 Å². The highest BCUT2D eigenvalue weighted by atomic mass is 16.5. The average Bonchev–Trinajstić information content (AvgIpc) is 2.52. The van der Waals surface area contributed by atoms with Crippen LogP contribution < -0.4 is 11.1 Å². The van der Waals surface area contributed by atoms with E-state index in [4.69, 9.17) is 10.5 Å². The summed E-state index contributed by atoms with van der Waals surface area (Å²) in [7, 11) is 0. The van der Waals surface area contributed by atoms with Gasteiger partial charge < -0.3 is 15.8 Å². The molecule has 4 nitrogen and oxygen atoms in total. The van der Waals surface area contributed by atoms with Crippen LogP contribution in [0.15, 0.2) is 30.3 Å². The van der Waals surface area contributed by atoms with Crippen LogP contribution in [0.3, 0.4) is 0 Å². The van der Waals surface area contributed by atoms with Crippen LogP contribution in [0.5, 0.6) is 0 Å². The smallest absolute Gasteiger partial charge is 0.407 e. The van der Waals surface area contributed by atoms with Crippen molar-refractivity contribution < 1.29 is 9.53 Å². The standard InChI is InChI=1S/C16H24N2O2/c17-10-14-8-4-5-9-15(14)12-20-16(19)18-11-13-6-2-1-3-7-13/h1-3,6-7,14-15H,4-5,8-12,17H2,(H,18,19). The molecule has 1 amide bonds. The van der Waals surface area contributed by atoms with Gasteiger partial charge in [-0.15, -0.1) is 0 Å². The maximum Gasteiger partial charge on any atom is 0.407 e. The Hall–Kier alpha value is -1.55. The number of hydrogen-bond donors (Lipinski definition) is 2. The molecule has 0 bridgehead atoms. The number of nitrogens with one attached hydrogen (secondary N) is 1. The molecule has 0 saturated heterocycles. The van der Waals surface area contributed by atoms with Crippen molar-refractivity contribution in [3.8, 4) is 0 Å². The maximum absolute atomic E-state index is 11.7. The lowest BCUT2D eigenvalue weighted by Gasteiger charge is -2.30. The second kappa shape index (κ2) is 7.90. The molecule has 110 valence electrons. The van der Waals surface area contributed by atoms with Gasteiger partial charge in [0.25, 0.3) is 0 Å². The lowest BCUT2D eigenvalue weighted by atomic mass is 9.80. The van der Waals surface area contributed by atoms with Gasteiger partial charge in [-0.25, -0.2) is 4.79 Å². The summed E-state index contributed by atoms with van der Waals surface area (Å²) in [4.78, 5) is 11.7. The molecule has 2 rings (SSSR count). The van der Waals surface area contributed by atoms with Crippen molar-refractivity contribution in [2.45, 2.75) is 32.2 Å². The summed E-state index contributed by atoms with van der Waals surface area (Å²) in [6.45, 7) is 1.69. The molecule has 3 N–H and O–H groups in total. The van der Waals surface area contributed by atoms with Crippen LogP contribution in [-0.2, 0) is 11.3 Å². The summed E-state index contributed by atoms with van der Waals surface area (Å²) in [6.07, 6.45) is 4.41. The van der Waals surface area contributed by atoms with Crippen LogP contribution in [0.2, 0.25) is 0 Å². The fourth-order valence-electron chi connectivity index (χ4n) is 2.82. The third-order valence-corrected chi connectivity index (χ3v) is 4.08. The monoisotopic (exact) mass is 276 g/mol. The van der Waals surface area contributed by atoms with Crippen LogP contribution in [0.4, 0.5) is 4.79 Å². The van der Waals surface area contributed by atoms with E-state index in [1.807, 2.05) is 30.3 Å². The Morgan fingerprint density at radius 1 is 1.20 bits per heavy atom. The first kappa shape index (κ1) is 14.9. The molecule has 1 saturated carbocycles. The lowest BCUT2D eigenvalue weighted by Crippen LogP contribution is -2.32. The summed E-state index contributed by atoms with van der Waals surface area (Å²) >= 11 is 0. The van der Waals surface area contributed by atoms with Gasteiger partial charge in [-0.2, -0.15) is 0 Å². The van der Waals surface area contributed by atoms with E-state index in [1.165, 1.54) is 12.8 Å². The second-order valence-corrected chi connectivity index (χ2v) is 5.48. The maximum atomic E-state index is 11.7. The van der Waals surface area contributed by atoms with E-state index in [1.54, 1.807) is 0 Å². The van der Waals surface area contributed by atoms with Crippen LogP contribution in [0.1, 0.15) is 31.2 Å². The molecule has 2 unspecified atom stereocenters. The largest absolute Gasteiger partial charge is 0.449 e. The summed E-state index contributed by atoms with van der Waals surface area (Å²) in [5.74, 6) is 0.932. The first-order valence-electron chi connectivity index (χ1n) is 7.44. The van der Waals surface area contributed by atoms with Crippen LogP contribution in [-0.4, -0.2) is 19.2 Å². The van der Waals surface area contributed by atoms with Crippen molar-refractivity contribution in [2.24, 2.45) is 17.6 Å². The predicted octanol–water partition coefficient (Wildman–Crippen LogP) is 2.68. The van der Waals surface area contributed by atoms with E-state index >= 15 is 0 Å². The second-order valence-electron chi connectivity index (χ2n) is 5.48. The van der Waals surface area contributed by atoms with Crippen molar-refractivity contribution in [2.75, 3.05) is 13.2 Å². The third-order valence-electron chi connectivity index (χ3n) is 4.08. The van der Waals surface area contributed by atoms with Gasteiger partial charge in [-0.1, -0.05) is 43.2 Å². The topological polar surface area (TPSA) is 64.3 Å². The predicted molar refractivity (Wildman–Crippen MR) is 79.1 cm³/mol. The molecule has 1 aliphatic rings. The number of carbonyl (C=O) groups is 1. The highest BCUT2D eigenvalue weighted by Gasteiger charge is 2.25. The van der Waals surface area contributed by atoms with E-state index < -0.39 is 0 Å². The molecule has 1 aromatic rings. The number of ether oxygens (including phenoxy) is 1. The Balaban J connectivity index is 1.69. The minimum Gasteiger partial charge on any atom is -0.449 e. The molecule has 0 heterocycles.